The zero-order chi connectivity index (χ0) is 15.4. The number of aliphatic hydroxyl groups is 1. The standard InChI is InChI=1S/C18H22N2O2/c1-22-16-6-4-14(5-7-16)13-20-10-8-18(21)17(20)11-15-3-2-9-19-12-15/h2-7,9,12,17-18,21H,8,10-11,13H2,1H3/t17-,18-/m0/s1. The molecule has 1 aromatic carbocycles. The van der Waals surface area contributed by atoms with Crippen LogP contribution in [0, 0.1) is 0 Å². The van der Waals surface area contributed by atoms with E-state index in [0.29, 0.717) is 0 Å². The molecule has 116 valence electrons. The van der Waals surface area contributed by atoms with Crippen LogP contribution in [0.5, 0.6) is 5.75 Å². The number of benzene rings is 1. The molecule has 1 aliphatic rings. The molecule has 1 aromatic heterocycles. The van der Waals surface area contributed by atoms with Gasteiger partial charge in [0.2, 0.25) is 0 Å². The number of nitrogens with zero attached hydrogens (tertiary/aromatic N) is 2. The third-order valence-electron chi connectivity index (χ3n) is 4.34. The van der Waals surface area contributed by atoms with Gasteiger partial charge < -0.3 is 9.84 Å². The number of methoxy groups -OCH3 is 1. The van der Waals surface area contributed by atoms with Crippen molar-refractivity contribution in [3.63, 3.8) is 0 Å². The van der Waals surface area contributed by atoms with Gasteiger partial charge >= 0.3 is 0 Å². The zero-order valence-electron chi connectivity index (χ0n) is 12.9. The Kier molecular flexibility index (Phi) is 4.71. The average Bonchev–Trinajstić information content (AvgIpc) is 2.90. The Balaban J connectivity index is 1.68. The lowest BCUT2D eigenvalue weighted by Gasteiger charge is -2.26. The fourth-order valence-corrected chi connectivity index (χ4v) is 3.09. The van der Waals surface area contributed by atoms with E-state index in [-0.39, 0.29) is 12.1 Å². The Morgan fingerprint density at radius 3 is 2.73 bits per heavy atom. The smallest absolute Gasteiger partial charge is 0.118 e. The van der Waals surface area contributed by atoms with Gasteiger partial charge in [0.25, 0.3) is 0 Å². The van der Waals surface area contributed by atoms with Crippen molar-refractivity contribution in [3.8, 4) is 5.75 Å². The van der Waals surface area contributed by atoms with E-state index in [2.05, 4.69) is 28.1 Å². The van der Waals surface area contributed by atoms with Crippen LogP contribution >= 0.6 is 0 Å². The summed E-state index contributed by atoms with van der Waals surface area (Å²) in [4.78, 5) is 6.53. The van der Waals surface area contributed by atoms with E-state index in [1.807, 2.05) is 24.4 Å². The number of ether oxygens (including phenoxy) is 1. The zero-order valence-corrected chi connectivity index (χ0v) is 12.9. The second-order valence-corrected chi connectivity index (χ2v) is 5.81. The van der Waals surface area contributed by atoms with E-state index in [9.17, 15) is 5.11 Å². The summed E-state index contributed by atoms with van der Waals surface area (Å²) in [5.74, 6) is 0.872. The first-order chi connectivity index (χ1) is 10.8. The second kappa shape index (κ2) is 6.90. The molecule has 22 heavy (non-hydrogen) atoms. The predicted molar refractivity (Wildman–Crippen MR) is 85.8 cm³/mol. The molecule has 1 fully saturated rings. The Morgan fingerprint density at radius 1 is 1.23 bits per heavy atom. The fraction of sp³-hybridized carbons (Fsp3) is 0.389. The quantitative estimate of drug-likeness (QED) is 0.920. The minimum absolute atomic E-state index is 0.159. The van der Waals surface area contributed by atoms with Crippen molar-refractivity contribution in [2.24, 2.45) is 0 Å². The van der Waals surface area contributed by atoms with Crippen LogP contribution in [0.2, 0.25) is 0 Å². The van der Waals surface area contributed by atoms with Gasteiger partial charge in [-0.15, -0.1) is 0 Å². The highest BCUT2D eigenvalue weighted by atomic mass is 16.5. The molecule has 3 rings (SSSR count). The maximum Gasteiger partial charge on any atom is 0.118 e. The number of aromatic nitrogens is 1. The summed E-state index contributed by atoms with van der Waals surface area (Å²) in [6, 6.07) is 12.3. The van der Waals surface area contributed by atoms with Crippen molar-refractivity contribution in [2.45, 2.75) is 31.5 Å². The van der Waals surface area contributed by atoms with Gasteiger partial charge in [0.1, 0.15) is 5.75 Å². The number of hydrogen-bond donors (Lipinski definition) is 1. The summed E-state index contributed by atoms with van der Waals surface area (Å²) >= 11 is 0. The maximum absolute atomic E-state index is 10.3. The summed E-state index contributed by atoms with van der Waals surface area (Å²) < 4.78 is 5.20. The molecule has 4 nitrogen and oxygen atoms in total. The van der Waals surface area contributed by atoms with E-state index in [0.717, 1.165) is 31.7 Å². The summed E-state index contributed by atoms with van der Waals surface area (Å²) in [5, 5.41) is 10.3. The van der Waals surface area contributed by atoms with Crippen LogP contribution in [-0.4, -0.2) is 40.8 Å². The molecule has 0 spiro atoms. The number of rotatable bonds is 5. The monoisotopic (exact) mass is 298 g/mol. The average molecular weight is 298 g/mol. The molecule has 0 aliphatic carbocycles. The fourth-order valence-electron chi connectivity index (χ4n) is 3.09. The first-order valence-electron chi connectivity index (χ1n) is 7.70. The molecule has 0 bridgehead atoms. The van der Waals surface area contributed by atoms with Gasteiger partial charge in [0.15, 0.2) is 0 Å². The minimum atomic E-state index is -0.265. The molecular formula is C18H22N2O2. The van der Waals surface area contributed by atoms with Gasteiger partial charge in [0, 0.05) is 31.5 Å². The van der Waals surface area contributed by atoms with Crippen molar-refractivity contribution < 1.29 is 9.84 Å². The topological polar surface area (TPSA) is 45.6 Å². The molecule has 0 unspecified atom stereocenters. The van der Waals surface area contributed by atoms with Crippen LogP contribution in [-0.2, 0) is 13.0 Å². The third kappa shape index (κ3) is 3.46. The van der Waals surface area contributed by atoms with Crippen molar-refractivity contribution in [3.05, 3.63) is 59.9 Å². The molecule has 1 saturated heterocycles. The lowest BCUT2D eigenvalue weighted by molar-refractivity contribution is 0.112. The molecule has 4 heteroatoms. The van der Waals surface area contributed by atoms with Crippen LogP contribution in [0.25, 0.3) is 0 Å². The summed E-state index contributed by atoms with van der Waals surface area (Å²) in [6.07, 6.45) is 5.07. The Labute approximate surface area is 131 Å². The molecular weight excluding hydrogens is 276 g/mol. The van der Waals surface area contributed by atoms with Gasteiger partial charge in [0.05, 0.1) is 13.2 Å². The lowest BCUT2D eigenvalue weighted by atomic mass is 10.0. The van der Waals surface area contributed by atoms with E-state index < -0.39 is 0 Å². The van der Waals surface area contributed by atoms with E-state index in [4.69, 9.17) is 4.74 Å². The van der Waals surface area contributed by atoms with Crippen LogP contribution in [0.1, 0.15) is 17.5 Å². The van der Waals surface area contributed by atoms with Gasteiger partial charge in [-0.1, -0.05) is 18.2 Å². The van der Waals surface area contributed by atoms with Crippen molar-refractivity contribution >= 4 is 0 Å². The summed E-state index contributed by atoms with van der Waals surface area (Å²) in [5.41, 5.74) is 2.42. The van der Waals surface area contributed by atoms with Gasteiger partial charge in [-0.2, -0.15) is 0 Å². The second-order valence-electron chi connectivity index (χ2n) is 5.81. The summed E-state index contributed by atoms with van der Waals surface area (Å²) in [6.45, 7) is 1.78. The normalized spacial score (nSPS) is 21.9. The van der Waals surface area contributed by atoms with Crippen LogP contribution in [0.3, 0.4) is 0 Å². The van der Waals surface area contributed by atoms with Crippen LogP contribution < -0.4 is 4.74 Å². The third-order valence-corrected chi connectivity index (χ3v) is 4.34. The number of pyridine rings is 1. The van der Waals surface area contributed by atoms with E-state index in [1.54, 1.807) is 13.3 Å². The summed E-state index contributed by atoms with van der Waals surface area (Å²) in [7, 11) is 1.68. The molecule has 0 amide bonds. The SMILES string of the molecule is COc1ccc(CN2CC[C@H](O)[C@@H]2Cc2cccnc2)cc1. The van der Waals surface area contributed by atoms with E-state index >= 15 is 0 Å². The number of hydrogen-bond acceptors (Lipinski definition) is 4. The molecule has 2 heterocycles. The molecule has 2 atom stereocenters. The van der Waals surface area contributed by atoms with Crippen molar-refractivity contribution in [2.75, 3.05) is 13.7 Å². The largest absolute Gasteiger partial charge is 0.497 e. The van der Waals surface area contributed by atoms with Crippen LogP contribution in [0.15, 0.2) is 48.8 Å². The first-order valence-corrected chi connectivity index (χ1v) is 7.70. The molecule has 0 radical (unpaired) electrons. The number of aliphatic hydroxyl groups excluding tert-OH is 1. The highest BCUT2D eigenvalue weighted by Crippen LogP contribution is 2.24. The number of likely N-dealkylation sites (tertiary alicyclic amines) is 1. The van der Waals surface area contributed by atoms with Crippen LogP contribution in [0.4, 0.5) is 0 Å². The van der Waals surface area contributed by atoms with Gasteiger partial charge in [-0.25, -0.2) is 0 Å². The minimum Gasteiger partial charge on any atom is -0.497 e. The molecule has 1 N–H and O–H groups in total. The highest BCUT2D eigenvalue weighted by Gasteiger charge is 2.32. The van der Waals surface area contributed by atoms with Crippen molar-refractivity contribution in [1.29, 1.82) is 0 Å². The molecule has 1 aliphatic heterocycles. The molecule has 0 saturated carbocycles. The maximum atomic E-state index is 10.3. The lowest BCUT2D eigenvalue weighted by Crippen LogP contribution is -2.36. The molecule has 2 aromatic rings. The predicted octanol–water partition coefficient (Wildman–Crippen LogP) is 2.27. The Hall–Kier alpha value is -1.91. The highest BCUT2D eigenvalue weighted by molar-refractivity contribution is 5.27. The Morgan fingerprint density at radius 2 is 2.05 bits per heavy atom. The van der Waals surface area contributed by atoms with E-state index in [1.165, 1.54) is 11.1 Å². The van der Waals surface area contributed by atoms with Crippen molar-refractivity contribution in [1.82, 2.24) is 9.88 Å². The first kappa shape index (κ1) is 15.0. The Bertz CT molecular complexity index is 586. The van der Waals surface area contributed by atoms with Gasteiger partial charge in [-0.05, 0) is 42.2 Å². The van der Waals surface area contributed by atoms with Gasteiger partial charge in [-0.3, -0.25) is 9.88 Å².